The van der Waals surface area contributed by atoms with E-state index in [1.807, 2.05) is 13.8 Å². The van der Waals surface area contributed by atoms with Gasteiger partial charge in [0.15, 0.2) is 5.96 Å². The molecule has 0 radical (unpaired) electrons. The van der Waals surface area contributed by atoms with Gasteiger partial charge in [0.25, 0.3) is 5.56 Å². The predicted octanol–water partition coefficient (Wildman–Crippen LogP) is 0.608. The summed E-state index contributed by atoms with van der Waals surface area (Å²) in [6, 6.07) is 1.74. The van der Waals surface area contributed by atoms with Crippen LogP contribution in [0.2, 0.25) is 0 Å². The SMILES string of the molecule is C=CC.Cc1c[nH]c(=O)c(NC2=NCC(O)CN2)c1. The number of allylic oxidation sites excluding steroid dienone is 1. The van der Waals surface area contributed by atoms with Crippen LogP contribution in [0.4, 0.5) is 5.69 Å². The lowest BCUT2D eigenvalue weighted by Crippen LogP contribution is -2.43. The first kappa shape index (κ1) is 15.0. The number of aromatic amines is 1. The van der Waals surface area contributed by atoms with Gasteiger partial charge in [-0.3, -0.25) is 9.79 Å². The minimum Gasteiger partial charge on any atom is -0.389 e. The van der Waals surface area contributed by atoms with Gasteiger partial charge in [-0.1, -0.05) is 6.08 Å². The van der Waals surface area contributed by atoms with Gasteiger partial charge in [0.1, 0.15) is 5.69 Å². The van der Waals surface area contributed by atoms with Crippen LogP contribution in [0, 0.1) is 6.92 Å². The Morgan fingerprint density at radius 3 is 2.89 bits per heavy atom. The number of aliphatic hydroxyl groups is 1. The molecule has 104 valence electrons. The zero-order valence-electron chi connectivity index (χ0n) is 11.2. The molecule has 1 aliphatic rings. The molecule has 0 saturated carbocycles. The number of pyridine rings is 1. The van der Waals surface area contributed by atoms with Gasteiger partial charge >= 0.3 is 0 Å². The van der Waals surface area contributed by atoms with E-state index in [2.05, 4.69) is 27.2 Å². The van der Waals surface area contributed by atoms with Crippen LogP contribution in [0.15, 0.2) is 34.7 Å². The Balaban J connectivity index is 0.000000550. The molecule has 0 saturated heterocycles. The summed E-state index contributed by atoms with van der Waals surface area (Å²) >= 11 is 0. The summed E-state index contributed by atoms with van der Waals surface area (Å²) in [5, 5.41) is 15.0. The number of aryl methyl sites for hydroxylation is 1. The smallest absolute Gasteiger partial charge is 0.271 e. The van der Waals surface area contributed by atoms with Crippen LogP contribution in [0.3, 0.4) is 0 Å². The second kappa shape index (κ2) is 7.38. The highest BCUT2D eigenvalue weighted by atomic mass is 16.3. The molecule has 0 bridgehead atoms. The summed E-state index contributed by atoms with van der Waals surface area (Å²) in [5.41, 5.74) is 1.21. The molecule has 0 aromatic carbocycles. The normalized spacial score (nSPS) is 17.4. The van der Waals surface area contributed by atoms with Crippen molar-refractivity contribution >= 4 is 11.6 Å². The van der Waals surface area contributed by atoms with Crippen LogP contribution in [-0.2, 0) is 0 Å². The Bertz CT molecular complexity index is 508. The first-order chi connectivity index (χ1) is 9.06. The minimum atomic E-state index is -0.457. The molecule has 4 N–H and O–H groups in total. The average molecular weight is 264 g/mol. The fourth-order valence-electron chi connectivity index (χ4n) is 1.43. The van der Waals surface area contributed by atoms with Crippen LogP contribution >= 0.6 is 0 Å². The molecule has 2 heterocycles. The number of aliphatic imine (C=N–C) groups is 1. The molecule has 0 amide bonds. The van der Waals surface area contributed by atoms with E-state index in [4.69, 9.17) is 0 Å². The van der Waals surface area contributed by atoms with E-state index in [-0.39, 0.29) is 5.56 Å². The fraction of sp³-hybridized carbons (Fsp3) is 0.385. The zero-order valence-corrected chi connectivity index (χ0v) is 11.2. The molecular weight excluding hydrogens is 244 g/mol. The molecule has 0 aliphatic carbocycles. The maximum absolute atomic E-state index is 11.5. The van der Waals surface area contributed by atoms with Gasteiger partial charge in [-0.15, -0.1) is 6.58 Å². The molecule has 1 unspecified atom stereocenters. The summed E-state index contributed by atoms with van der Waals surface area (Å²) in [6.07, 6.45) is 2.94. The molecule has 1 aromatic rings. The standard InChI is InChI=1S/C10H14N4O2.C3H6/c1-6-2-8(9(16)11-3-6)14-10-12-4-7(15)5-13-10;1-3-2/h2-3,7,15H,4-5H2,1H3,(H,11,16)(H2,12,13,14);3H,1H2,2H3. The Labute approximate surface area is 112 Å². The van der Waals surface area contributed by atoms with Crippen molar-refractivity contribution in [1.82, 2.24) is 10.3 Å². The van der Waals surface area contributed by atoms with Gasteiger partial charge in [-0.05, 0) is 25.5 Å². The van der Waals surface area contributed by atoms with E-state index in [1.54, 1.807) is 18.3 Å². The van der Waals surface area contributed by atoms with Gasteiger partial charge in [0.2, 0.25) is 0 Å². The molecule has 1 aliphatic heterocycles. The van der Waals surface area contributed by atoms with Crippen LogP contribution < -0.4 is 16.2 Å². The number of nitrogens with one attached hydrogen (secondary N) is 3. The largest absolute Gasteiger partial charge is 0.389 e. The van der Waals surface area contributed by atoms with Gasteiger partial charge in [0.05, 0.1) is 12.6 Å². The highest BCUT2D eigenvalue weighted by Crippen LogP contribution is 2.02. The van der Waals surface area contributed by atoms with E-state index in [9.17, 15) is 9.90 Å². The minimum absolute atomic E-state index is 0.193. The van der Waals surface area contributed by atoms with Gasteiger partial charge in [0, 0.05) is 12.7 Å². The lowest BCUT2D eigenvalue weighted by molar-refractivity contribution is 0.181. The molecule has 2 rings (SSSR count). The number of H-pyrrole nitrogens is 1. The monoisotopic (exact) mass is 264 g/mol. The molecule has 1 aromatic heterocycles. The fourth-order valence-corrected chi connectivity index (χ4v) is 1.43. The van der Waals surface area contributed by atoms with Gasteiger partial charge in [-0.25, -0.2) is 0 Å². The van der Waals surface area contributed by atoms with Crippen molar-refractivity contribution in [3.8, 4) is 0 Å². The van der Waals surface area contributed by atoms with Crippen molar-refractivity contribution in [2.75, 3.05) is 18.4 Å². The number of nitrogens with zero attached hydrogens (tertiary/aromatic N) is 1. The first-order valence-electron chi connectivity index (χ1n) is 6.06. The highest BCUT2D eigenvalue weighted by Gasteiger charge is 2.12. The van der Waals surface area contributed by atoms with Crippen LogP contribution in [-0.4, -0.2) is 35.2 Å². The van der Waals surface area contributed by atoms with E-state index in [0.29, 0.717) is 24.7 Å². The summed E-state index contributed by atoms with van der Waals surface area (Å²) < 4.78 is 0. The van der Waals surface area contributed by atoms with Crippen LogP contribution in [0.25, 0.3) is 0 Å². The number of aromatic nitrogens is 1. The molecule has 6 nitrogen and oxygen atoms in total. The third-order valence-electron chi connectivity index (χ3n) is 2.27. The lowest BCUT2D eigenvalue weighted by atomic mass is 10.3. The van der Waals surface area contributed by atoms with E-state index in [1.165, 1.54) is 0 Å². The van der Waals surface area contributed by atoms with Crippen molar-refractivity contribution in [3.05, 3.63) is 40.8 Å². The summed E-state index contributed by atoms with van der Waals surface area (Å²) in [4.78, 5) is 18.1. The number of rotatable bonds is 1. The average Bonchev–Trinajstić information content (AvgIpc) is 2.38. The van der Waals surface area contributed by atoms with Crippen molar-refractivity contribution in [2.24, 2.45) is 4.99 Å². The summed E-state index contributed by atoms with van der Waals surface area (Å²) in [6.45, 7) is 7.93. The topological polar surface area (TPSA) is 89.5 Å². The third kappa shape index (κ3) is 4.97. The maximum Gasteiger partial charge on any atom is 0.271 e. The number of hydrogen-bond donors (Lipinski definition) is 4. The Kier molecular flexibility index (Phi) is 5.81. The Hall–Kier alpha value is -2.08. The van der Waals surface area contributed by atoms with Crippen molar-refractivity contribution < 1.29 is 5.11 Å². The highest BCUT2D eigenvalue weighted by molar-refractivity contribution is 5.93. The van der Waals surface area contributed by atoms with Crippen molar-refractivity contribution in [3.63, 3.8) is 0 Å². The molecular formula is C13H20N4O2. The number of aliphatic hydroxyl groups excluding tert-OH is 1. The molecule has 0 fully saturated rings. The number of β-amino-alcohol motifs (C(OH)–C–C–N with tert-alkyl or cyclic N) is 1. The quantitative estimate of drug-likeness (QED) is 0.559. The number of hydrogen-bond acceptors (Lipinski definition) is 5. The summed E-state index contributed by atoms with van der Waals surface area (Å²) in [7, 11) is 0. The Morgan fingerprint density at radius 2 is 2.32 bits per heavy atom. The second-order valence-electron chi connectivity index (χ2n) is 4.18. The molecule has 19 heavy (non-hydrogen) atoms. The number of anilines is 1. The van der Waals surface area contributed by atoms with E-state index < -0.39 is 6.10 Å². The first-order valence-corrected chi connectivity index (χ1v) is 6.06. The van der Waals surface area contributed by atoms with Crippen LogP contribution in [0.1, 0.15) is 12.5 Å². The summed E-state index contributed by atoms with van der Waals surface area (Å²) in [5.74, 6) is 0.515. The zero-order chi connectivity index (χ0) is 14.3. The third-order valence-corrected chi connectivity index (χ3v) is 2.27. The van der Waals surface area contributed by atoms with Crippen molar-refractivity contribution in [1.29, 1.82) is 0 Å². The van der Waals surface area contributed by atoms with E-state index in [0.717, 1.165) is 5.56 Å². The van der Waals surface area contributed by atoms with Gasteiger partial charge < -0.3 is 20.7 Å². The molecule has 0 spiro atoms. The molecule has 6 heteroatoms. The van der Waals surface area contributed by atoms with E-state index >= 15 is 0 Å². The van der Waals surface area contributed by atoms with Crippen molar-refractivity contribution in [2.45, 2.75) is 20.0 Å². The van der Waals surface area contributed by atoms with Crippen LogP contribution in [0.5, 0.6) is 0 Å². The maximum atomic E-state index is 11.5. The Morgan fingerprint density at radius 1 is 1.63 bits per heavy atom. The predicted molar refractivity (Wildman–Crippen MR) is 77.6 cm³/mol. The van der Waals surface area contributed by atoms with Gasteiger partial charge in [-0.2, -0.15) is 0 Å². The lowest BCUT2D eigenvalue weighted by Gasteiger charge is -2.19. The number of guanidine groups is 1. The molecule has 1 atom stereocenters. The second-order valence-corrected chi connectivity index (χ2v) is 4.18.